The normalized spacial score (nSPS) is 30.9. The van der Waals surface area contributed by atoms with Crippen molar-refractivity contribution in [3.8, 4) is 23.0 Å². The Hall–Kier alpha value is -5.65. The minimum Gasteiger partial charge on any atom is -0.507 e. The van der Waals surface area contributed by atoms with E-state index in [0.717, 1.165) is 12.5 Å². The minimum atomic E-state index is -2.10. The number of nitrogens with two attached hydrogens (primary N) is 1. The lowest BCUT2D eigenvalue weighted by Crippen LogP contribution is -2.46. The first-order valence-electron chi connectivity index (χ1n) is 17.8. The highest BCUT2D eigenvalue weighted by molar-refractivity contribution is 6.23. The van der Waals surface area contributed by atoms with E-state index < -0.39 is 106 Å². The van der Waals surface area contributed by atoms with Crippen LogP contribution in [0.4, 0.5) is 10.5 Å². The molecule has 3 heterocycles. The average Bonchev–Trinajstić information content (AvgIpc) is 3.41. The van der Waals surface area contributed by atoms with Crippen molar-refractivity contribution < 1.29 is 63.7 Å². The Morgan fingerprint density at radius 2 is 1.64 bits per heavy atom. The van der Waals surface area contributed by atoms with Gasteiger partial charge in [-0.15, -0.1) is 0 Å². The summed E-state index contributed by atoms with van der Waals surface area (Å²) in [7, 11) is 1.40. The second-order valence-electron chi connectivity index (χ2n) is 14.4. The Labute approximate surface area is 323 Å². The number of ether oxygens (including phenoxy) is 4. The third-order valence-electron chi connectivity index (χ3n) is 10.4. The summed E-state index contributed by atoms with van der Waals surface area (Å²) in [5, 5.41) is 62.9. The van der Waals surface area contributed by atoms with Crippen molar-refractivity contribution in [2.75, 3.05) is 12.4 Å². The maximum absolute atomic E-state index is 14.2. The quantitative estimate of drug-likeness (QED) is 0.0723. The molecule has 3 aliphatic heterocycles. The number of amides is 3. The van der Waals surface area contributed by atoms with E-state index in [2.05, 4.69) is 10.4 Å². The molecule has 0 aromatic heterocycles. The highest BCUT2D eigenvalue weighted by atomic mass is 16.7. The van der Waals surface area contributed by atoms with Gasteiger partial charge in [0.15, 0.2) is 5.75 Å². The number of primary amides is 1. The van der Waals surface area contributed by atoms with Gasteiger partial charge in [-0.3, -0.25) is 14.4 Å². The van der Waals surface area contributed by atoms with E-state index >= 15 is 0 Å². The lowest BCUT2D eigenvalue weighted by molar-refractivity contribution is -0.160. The molecular weight excluding hydrogens is 732 g/mol. The molecule has 304 valence electrons. The molecule has 0 saturated carbocycles. The lowest BCUT2D eigenvalue weighted by Gasteiger charge is -2.38. The van der Waals surface area contributed by atoms with E-state index in [1.54, 1.807) is 33.8 Å². The van der Waals surface area contributed by atoms with Gasteiger partial charge < -0.3 is 55.5 Å². The van der Waals surface area contributed by atoms with Crippen LogP contribution in [-0.2, 0) is 23.8 Å². The van der Waals surface area contributed by atoms with E-state index in [4.69, 9.17) is 24.7 Å². The summed E-state index contributed by atoms with van der Waals surface area (Å²) in [6, 6.07) is -1.07. The molecule has 0 saturated heterocycles. The third kappa shape index (κ3) is 8.29. The number of ketones is 1. The van der Waals surface area contributed by atoms with Crippen molar-refractivity contribution in [3.05, 3.63) is 52.8 Å². The van der Waals surface area contributed by atoms with Crippen LogP contribution in [0.25, 0.3) is 10.8 Å². The molecule has 2 aromatic carbocycles. The zero-order chi connectivity index (χ0) is 42.0. The highest BCUT2D eigenvalue weighted by Gasteiger charge is 2.50. The lowest BCUT2D eigenvalue weighted by atomic mass is 9.78. The largest absolute Gasteiger partial charge is 0.507 e. The number of nitrogens with one attached hydrogen (secondary N) is 2. The van der Waals surface area contributed by atoms with Crippen LogP contribution in [0.5, 0.6) is 23.0 Å². The number of aliphatic hydroxyl groups is 2. The van der Waals surface area contributed by atoms with E-state index in [-0.39, 0.29) is 33.4 Å². The SMILES string of the molecule is CO[C@H]1/C=C/O[C@@]2(C)Oc3c(C)c(O)c4c(O)c(c(C=NNC(N)=O)c(O)c4c3C2=O)NC(=O)/C(C)=C\C=C\[C@H](C)[C@H](O)[C@@H](C)[C@@H](O)[C@H](C)[C@H](OC(C)=O)[C@H]1C. The Kier molecular flexibility index (Phi) is 13.1. The zero-order valence-corrected chi connectivity index (χ0v) is 32.6. The van der Waals surface area contributed by atoms with E-state index in [1.807, 2.05) is 5.43 Å². The van der Waals surface area contributed by atoms with Gasteiger partial charge >= 0.3 is 17.8 Å². The first-order valence-corrected chi connectivity index (χ1v) is 17.8. The first-order chi connectivity index (χ1) is 26.2. The van der Waals surface area contributed by atoms with Gasteiger partial charge in [0.2, 0.25) is 0 Å². The number of hydrogen-bond donors (Lipinski definition) is 8. The number of hydrazone groups is 1. The van der Waals surface area contributed by atoms with E-state index in [9.17, 15) is 44.7 Å². The minimum absolute atomic E-state index is 0.0154. The fourth-order valence-electron chi connectivity index (χ4n) is 7.03. The number of rotatable bonds is 4. The summed E-state index contributed by atoms with van der Waals surface area (Å²) in [6.45, 7) is 12.2. The van der Waals surface area contributed by atoms with Gasteiger partial charge in [0, 0.05) is 61.2 Å². The number of aliphatic hydroxyl groups excluding tert-OH is 2. The molecule has 17 heteroatoms. The van der Waals surface area contributed by atoms with Gasteiger partial charge in [-0.05, 0) is 19.9 Å². The van der Waals surface area contributed by atoms with Gasteiger partial charge in [-0.25, -0.2) is 10.2 Å². The van der Waals surface area contributed by atoms with E-state index in [1.165, 1.54) is 53.0 Å². The zero-order valence-electron chi connectivity index (χ0n) is 32.6. The molecule has 2 aromatic rings. The van der Waals surface area contributed by atoms with Gasteiger partial charge in [0.1, 0.15) is 23.4 Å². The van der Waals surface area contributed by atoms with Crippen LogP contribution in [0.2, 0.25) is 0 Å². The molecule has 5 rings (SSSR count). The van der Waals surface area contributed by atoms with Crippen LogP contribution in [0, 0.1) is 30.6 Å². The number of esters is 1. The average molecular weight is 783 g/mol. The predicted octanol–water partition coefficient (Wildman–Crippen LogP) is 3.76. The molecule has 3 amide bonds. The summed E-state index contributed by atoms with van der Waals surface area (Å²) in [6.07, 6.45) is 4.02. The second-order valence-corrected chi connectivity index (χ2v) is 14.4. The smallest absolute Gasteiger partial charge is 0.332 e. The number of methoxy groups -OCH3 is 1. The van der Waals surface area contributed by atoms with Crippen molar-refractivity contribution >= 4 is 46.4 Å². The molecule has 9 N–H and O–H groups in total. The molecule has 0 radical (unpaired) electrons. The third-order valence-corrected chi connectivity index (χ3v) is 10.4. The Morgan fingerprint density at radius 1 is 0.982 bits per heavy atom. The van der Waals surface area contributed by atoms with Gasteiger partial charge in [-0.2, -0.15) is 5.10 Å². The summed E-state index contributed by atoms with van der Waals surface area (Å²) in [5.41, 5.74) is 6.04. The van der Waals surface area contributed by atoms with Crippen LogP contribution in [-0.4, -0.2) is 92.8 Å². The fraction of sp³-hybridized carbons (Fsp3) is 0.462. The maximum Gasteiger partial charge on any atom is 0.332 e. The van der Waals surface area contributed by atoms with Gasteiger partial charge in [0.05, 0.1) is 53.0 Å². The number of fused-ring (bicyclic) bond motifs is 14. The summed E-state index contributed by atoms with van der Waals surface area (Å²) < 4.78 is 23.3. The number of anilines is 1. The van der Waals surface area contributed by atoms with Crippen LogP contribution in [0.15, 0.2) is 41.2 Å². The summed E-state index contributed by atoms with van der Waals surface area (Å²) in [5.74, 6) is -9.24. The molecule has 0 aliphatic carbocycles. The van der Waals surface area contributed by atoms with Crippen LogP contribution in [0.1, 0.15) is 70.0 Å². The topological polar surface area (TPSA) is 269 Å². The number of carbonyl (C=O) groups is 4. The molecule has 0 fully saturated rings. The van der Waals surface area contributed by atoms with Crippen molar-refractivity contribution in [1.29, 1.82) is 0 Å². The van der Waals surface area contributed by atoms with E-state index in [0.29, 0.717) is 0 Å². The van der Waals surface area contributed by atoms with Crippen molar-refractivity contribution in [2.24, 2.45) is 34.5 Å². The Balaban J connectivity index is 1.98. The molecule has 56 heavy (non-hydrogen) atoms. The standard InChI is InChI=1S/C39H50N4O13/c1-16-11-10-12-17(2)37(51)42-28-23(15-41-43-38(40)52)32(48)25-26(33(28)49)31(47)21(6)35-27(25)36(50)39(8,56-35)54-14-13-24(53-9)18(3)34(55-22(7)44)20(5)30(46)19(4)29(16)45/h10-16,18-20,24,29-30,34,45-49H,1-9H3,(H,42,51)(H3,40,43,52)/b11-10+,14-13+,17-12-,41-15?/t16-,18-,19+,20-,24-,29-,30+,34+,39-/m0/s1. The fourth-order valence-corrected chi connectivity index (χ4v) is 7.03. The monoisotopic (exact) mass is 782 g/mol. The molecular formula is C39H50N4O13. The number of Topliss-reactive ketones (excluding diaryl/α,β-unsaturated/α-hetero) is 1. The number of carbonyl (C=O) groups excluding carboxylic acids is 4. The number of allylic oxidation sites excluding steroid dienone is 2. The maximum atomic E-state index is 14.2. The number of benzene rings is 2. The Morgan fingerprint density at radius 3 is 2.25 bits per heavy atom. The number of aromatic hydroxyl groups is 3. The number of hydrogen-bond acceptors (Lipinski definition) is 14. The van der Waals surface area contributed by atoms with Crippen LogP contribution in [0.3, 0.4) is 0 Å². The first kappa shape index (κ1) is 43.1. The summed E-state index contributed by atoms with van der Waals surface area (Å²) >= 11 is 0. The number of phenols is 3. The molecule has 3 aliphatic rings. The molecule has 17 nitrogen and oxygen atoms in total. The van der Waals surface area contributed by atoms with Crippen molar-refractivity contribution in [2.45, 2.75) is 85.6 Å². The summed E-state index contributed by atoms with van der Waals surface area (Å²) in [4.78, 5) is 51.4. The molecule has 0 spiro atoms. The predicted molar refractivity (Wildman–Crippen MR) is 204 cm³/mol. The van der Waals surface area contributed by atoms with Crippen LogP contribution >= 0.6 is 0 Å². The Bertz CT molecular complexity index is 2030. The number of phenolic OH excluding ortho intramolecular Hbond substituents is 3. The molecule has 9 atom stereocenters. The number of nitrogens with zero attached hydrogens (tertiary/aromatic N) is 1. The van der Waals surface area contributed by atoms with Gasteiger partial charge in [-0.1, -0.05) is 45.9 Å². The number of urea groups is 1. The van der Waals surface area contributed by atoms with Crippen molar-refractivity contribution in [3.63, 3.8) is 0 Å². The molecule has 0 unspecified atom stereocenters. The van der Waals surface area contributed by atoms with Crippen molar-refractivity contribution in [1.82, 2.24) is 5.43 Å². The highest BCUT2D eigenvalue weighted by Crippen LogP contribution is 2.55. The second kappa shape index (κ2) is 17.0. The molecule has 5 bridgehead atoms. The van der Waals surface area contributed by atoms with Crippen LogP contribution < -0.4 is 21.2 Å². The van der Waals surface area contributed by atoms with Gasteiger partial charge in [0.25, 0.3) is 11.7 Å².